The zero-order valence-corrected chi connectivity index (χ0v) is 6.07. The molecular weight excluding hydrogens is 153 g/mol. The summed E-state index contributed by atoms with van der Waals surface area (Å²) in [4.78, 5) is 0.681. The van der Waals surface area contributed by atoms with Crippen LogP contribution < -0.4 is 5.73 Å². The molecule has 0 aliphatic rings. The minimum atomic E-state index is -0.436. The Morgan fingerprint density at radius 1 is 1.80 bits per heavy atom. The Morgan fingerprint density at radius 2 is 2.50 bits per heavy atom. The number of aliphatic hydroxyl groups is 1. The van der Waals surface area contributed by atoms with Gasteiger partial charge in [-0.1, -0.05) is 0 Å². The Kier molecular flexibility index (Phi) is 2.37. The quantitative estimate of drug-likeness (QED) is 0.676. The van der Waals surface area contributed by atoms with Crippen molar-refractivity contribution in [3.05, 3.63) is 22.1 Å². The summed E-state index contributed by atoms with van der Waals surface area (Å²) in [5.74, 6) is -0.288. The molecule has 0 saturated heterocycles. The van der Waals surface area contributed by atoms with E-state index in [0.717, 1.165) is 0 Å². The summed E-state index contributed by atoms with van der Waals surface area (Å²) in [6, 6.07) is 0.903. The first-order chi connectivity index (χ1) is 4.74. The molecule has 0 aliphatic heterocycles. The van der Waals surface area contributed by atoms with Gasteiger partial charge >= 0.3 is 0 Å². The van der Waals surface area contributed by atoms with Crippen LogP contribution in [0.15, 0.2) is 11.4 Å². The van der Waals surface area contributed by atoms with Crippen LogP contribution in [-0.2, 0) is 0 Å². The Bertz CT molecular complexity index is 213. The molecule has 1 heterocycles. The van der Waals surface area contributed by atoms with Crippen molar-refractivity contribution < 1.29 is 9.50 Å². The summed E-state index contributed by atoms with van der Waals surface area (Å²) < 4.78 is 12.3. The van der Waals surface area contributed by atoms with Crippen LogP contribution >= 0.6 is 11.3 Å². The van der Waals surface area contributed by atoms with E-state index < -0.39 is 6.04 Å². The lowest BCUT2D eigenvalue weighted by molar-refractivity contribution is 0.269. The van der Waals surface area contributed by atoms with Crippen molar-refractivity contribution in [1.82, 2.24) is 0 Å². The van der Waals surface area contributed by atoms with Crippen molar-refractivity contribution in [2.24, 2.45) is 5.73 Å². The molecule has 1 aromatic rings. The highest BCUT2D eigenvalue weighted by molar-refractivity contribution is 7.10. The lowest BCUT2D eigenvalue weighted by atomic mass is 10.3. The summed E-state index contributed by atoms with van der Waals surface area (Å²) in [6.45, 7) is -0.139. The van der Waals surface area contributed by atoms with Gasteiger partial charge in [0.1, 0.15) is 5.82 Å². The van der Waals surface area contributed by atoms with Gasteiger partial charge in [-0.05, 0) is 6.07 Å². The summed E-state index contributed by atoms with van der Waals surface area (Å²) in [5, 5.41) is 9.92. The van der Waals surface area contributed by atoms with Crippen LogP contribution in [0.3, 0.4) is 0 Å². The van der Waals surface area contributed by atoms with Crippen LogP contribution in [-0.4, -0.2) is 11.7 Å². The second-order valence-electron chi connectivity index (χ2n) is 1.96. The highest BCUT2D eigenvalue weighted by Crippen LogP contribution is 2.18. The van der Waals surface area contributed by atoms with E-state index in [-0.39, 0.29) is 12.4 Å². The average Bonchev–Trinajstić information content (AvgIpc) is 2.34. The second-order valence-corrected chi connectivity index (χ2v) is 2.90. The highest BCUT2D eigenvalue weighted by Gasteiger charge is 2.06. The van der Waals surface area contributed by atoms with Gasteiger partial charge in [0.05, 0.1) is 12.6 Å². The third kappa shape index (κ3) is 1.53. The normalized spacial score (nSPS) is 13.5. The van der Waals surface area contributed by atoms with Gasteiger partial charge in [0.2, 0.25) is 0 Å². The number of halogens is 1. The molecule has 2 nitrogen and oxygen atoms in total. The minimum Gasteiger partial charge on any atom is -0.394 e. The molecule has 10 heavy (non-hydrogen) atoms. The maximum atomic E-state index is 12.3. The van der Waals surface area contributed by atoms with Gasteiger partial charge in [0, 0.05) is 10.3 Å². The Hall–Kier alpha value is -0.450. The van der Waals surface area contributed by atoms with Crippen molar-refractivity contribution in [3.8, 4) is 0 Å². The lowest BCUT2D eigenvalue weighted by Crippen LogP contribution is -2.12. The predicted molar refractivity (Wildman–Crippen MR) is 38.3 cm³/mol. The maximum Gasteiger partial charge on any atom is 0.134 e. The molecule has 0 fully saturated rings. The van der Waals surface area contributed by atoms with Crippen LogP contribution in [0, 0.1) is 5.82 Å². The van der Waals surface area contributed by atoms with Crippen LogP contribution in [0.1, 0.15) is 10.9 Å². The fourth-order valence-electron chi connectivity index (χ4n) is 0.613. The Morgan fingerprint density at radius 3 is 2.90 bits per heavy atom. The van der Waals surface area contributed by atoms with Gasteiger partial charge in [-0.15, -0.1) is 11.3 Å². The second kappa shape index (κ2) is 3.09. The van der Waals surface area contributed by atoms with Gasteiger partial charge in [0.25, 0.3) is 0 Å². The summed E-state index contributed by atoms with van der Waals surface area (Å²) >= 11 is 1.22. The van der Waals surface area contributed by atoms with E-state index in [4.69, 9.17) is 10.8 Å². The van der Waals surface area contributed by atoms with Crippen molar-refractivity contribution in [2.75, 3.05) is 6.61 Å². The van der Waals surface area contributed by atoms with Crippen LogP contribution in [0.25, 0.3) is 0 Å². The molecule has 1 rings (SSSR count). The van der Waals surface area contributed by atoms with Crippen molar-refractivity contribution in [3.63, 3.8) is 0 Å². The fraction of sp³-hybridized carbons (Fsp3) is 0.333. The molecule has 0 bridgehead atoms. The smallest absolute Gasteiger partial charge is 0.134 e. The summed E-state index contributed by atoms with van der Waals surface area (Å²) in [7, 11) is 0. The molecule has 0 unspecified atom stereocenters. The third-order valence-electron chi connectivity index (χ3n) is 1.15. The maximum absolute atomic E-state index is 12.3. The number of nitrogens with two attached hydrogens (primary N) is 1. The lowest BCUT2D eigenvalue weighted by Gasteiger charge is -2.01. The molecule has 56 valence electrons. The molecule has 0 radical (unpaired) electrons. The van der Waals surface area contributed by atoms with Gasteiger partial charge in [-0.3, -0.25) is 0 Å². The number of hydrogen-bond donors (Lipinski definition) is 2. The van der Waals surface area contributed by atoms with Crippen LogP contribution in [0.2, 0.25) is 0 Å². The molecule has 1 aromatic heterocycles. The molecular formula is C6H8FNOS. The molecule has 0 aliphatic carbocycles. The zero-order valence-electron chi connectivity index (χ0n) is 5.25. The van der Waals surface area contributed by atoms with E-state index in [9.17, 15) is 4.39 Å². The number of rotatable bonds is 2. The zero-order chi connectivity index (χ0) is 7.56. The molecule has 0 amide bonds. The fourth-order valence-corrected chi connectivity index (χ4v) is 1.36. The predicted octanol–water partition coefficient (Wildman–Crippen LogP) is 0.879. The van der Waals surface area contributed by atoms with E-state index >= 15 is 0 Å². The van der Waals surface area contributed by atoms with E-state index in [1.807, 2.05) is 0 Å². The molecule has 0 saturated carbocycles. The number of thiophene rings is 1. The first-order valence-corrected chi connectivity index (χ1v) is 3.72. The van der Waals surface area contributed by atoms with Gasteiger partial charge in [-0.2, -0.15) is 0 Å². The van der Waals surface area contributed by atoms with Gasteiger partial charge in [0.15, 0.2) is 0 Å². The standard InChI is InChI=1S/C6H8FNOS/c7-4-1-6(10-3-4)5(8)2-9/h1,3,5,9H,2,8H2/t5-/m0/s1. The van der Waals surface area contributed by atoms with Crippen LogP contribution in [0.5, 0.6) is 0 Å². The first-order valence-electron chi connectivity index (χ1n) is 2.84. The third-order valence-corrected chi connectivity index (χ3v) is 2.19. The minimum absolute atomic E-state index is 0.139. The number of aliphatic hydroxyl groups excluding tert-OH is 1. The van der Waals surface area contributed by atoms with Crippen molar-refractivity contribution >= 4 is 11.3 Å². The highest BCUT2D eigenvalue weighted by atomic mass is 32.1. The van der Waals surface area contributed by atoms with E-state index in [1.54, 1.807) is 0 Å². The van der Waals surface area contributed by atoms with E-state index in [0.29, 0.717) is 4.88 Å². The molecule has 0 aromatic carbocycles. The largest absolute Gasteiger partial charge is 0.394 e. The SMILES string of the molecule is N[C@@H](CO)c1cc(F)cs1. The topological polar surface area (TPSA) is 46.2 Å². The molecule has 0 spiro atoms. The monoisotopic (exact) mass is 161 g/mol. The Labute approximate surface area is 62.1 Å². The molecule has 1 atom stereocenters. The van der Waals surface area contributed by atoms with Crippen molar-refractivity contribution in [1.29, 1.82) is 0 Å². The van der Waals surface area contributed by atoms with Crippen LogP contribution in [0.4, 0.5) is 4.39 Å². The first kappa shape index (κ1) is 7.65. The number of hydrogen-bond acceptors (Lipinski definition) is 3. The Balaban J connectivity index is 2.74. The summed E-state index contributed by atoms with van der Waals surface area (Å²) in [5.41, 5.74) is 5.40. The van der Waals surface area contributed by atoms with Gasteiger partial charge in [-0.25, -0.2) is 4.39 Å². The average molecular weight is 161 g/mol. The van der Waals surface area contributed by atoms with E-state index in [2.05, 4.69) is 0 Å². The molecule has 3 N–H and O–H groups in total. The van der Waals surface area contributed by atoms with Crippen molar-refractivity contribution in [2.45, 2.75) is 6.04 Å². The van der Waals surface area contributed by atoms with E-state index in [1.165, 1.54) is 22.8 Å². The van der Waals surface area contributed by atoms with Gasteiger partial charge < -0.3 is 10.8 Å². The molecule has 4 heteroatoms. The summed E-state index contributed by atoms with van der Waals surface area (Å²) in [6.07, 6.45) is 0.